The van der Waals surface area contributed by atoms with Crippen molar-refractivity contribution in [2.75, 3.05) is 6.54 Å². The van der Waals surface area contributed by atoms with E-state index >= 15 is 0 Å². The fraction of sp³-hybridized carbons (Fsp3) is 0.545. The van der Waals surface area contributed by atoms with Gasteiger partial charge in [0.1, 0.15) is 0 Å². The van der Waals surface area contributed by atoms with Gasteiger partial charge in [-0.25, -0.2) is 0 Å². The van der Waals surface area contributed by atoms with Crippen molar-refractivity contribution in [3.63, 3.8) is 0 Å². The van der Waals surface area contributed by atoms with Crippen LogP contribution in [0.2, 0.25) is 0 Å². The molecular formula is C11H18N2. The zero-order chi connectivity index (χ0) is 9.73. The third kappa shape index (κ3) is 2.81. The zero-order valence-electron chi connectivity index (χ0n) is 8.67. The molecule has 0 aliphatic carbocycles. The molecule has 0 fully saturated rings. The van der Waals surface area contributed by atoms with Crippen LogP contribution in [0.25, 0.3) is 0 Å². The number of nitrogens with one attached hydrogen (secondary N) is 1. The summed E-state index contributed by atoms with van der Waals surface area (Å²) in [6, 6.07) is 0. The van der Waals surface area contributed by atoms with Crippen LogP contribution >= 0.6 is 0 Å². The summed E-state index contributed by atoms with van der Waals surface area (Å²) < 4.78 is 0. The molecule has 0 aromatic carbocycles. The van der Waals surface area contributed by atoms with Crippen LogP contribution in [0, 0.1) is 0 Å². The zero-order valence-corrected chi connectivity index (χ0v) is 8.67. The fourth-order valence-corrected chi connectivity index (χ4v) is 1.40. The maximum Gasteiger partial charge on any atom is 0.0595 e. The number of aliphatic imine (C=N–C) groups is 1. The van der Waals surface area contributed by atoms with Gasteiger partial charge in [0.25, 0.3) is 0 Å². The summed E-state index contributed by atoms with van der Waals surface area (Å²) in [5.74, 6) is 0. The number of hydrogen-bond acceptors (Lipinski definition) is 2. The molecule has 1 heterocycles. The molecule has 0 aromatic heterocycles. The Morgan fingerprint density at radius 3 is 2.92 bits per heavy atom. The van der Waals surface area contributed by atoms with Gasteiger partial charge in [-0.2, -0.15) is 0 Å². The number of nitrogens with zero attached hydrogens (tertiary/aromatic N) is 1. The molecule has 2 nitrogen and oxygen atoms in total. The predicted octanol–water partition coefficient (Wildman–Crippen LogP) is 2.29. The molecule has 1 aliphatic heterocycles. The van der Waals surface area contributed by atoms with E-state index in [9.17, 15) is 0 Å². The summed E-state index contributed by atoms with van der Waals surface area (Å²) in [4.78, 5) is 4.40. The average Bonchev–Trinajstić information content (AvgIpc) is 2.31. The van der Waals surface area contributed by atoms with Gasteiger partial charge in [0.05, 0.1) is 11.3 Å². The minimum atomic E-state index is -0.0278. The Morgan fingerprint density at radius 1 is 1.46 bits per heavy atom. The first-order valence-corrected chi connectivity index (χ1v) is 4.81. The largest absolute Gasteiger partial charge is 0.307 e. The van der Waals surface area contributed by atoms with Gasteiger partial charge in [-0.15, -0.1) is 0 Å². The second-order valence-electron chi connectivity index (χ2n) is 3.69. The Balaban J connectivity index is 2.79. The minimum absolute atomic E-state index is 0.0278. The van der Waals surface area contributed by atoms with Crippen LogP contribution in [-0.2, 0) is 0 Å². The summed E-state index contributed by atoms with van der Waals surface area (Å²) in [6.45, 7) is 7.37. The number of allylic oxidation sites excluding steroid dienone is 2. The van der Waals surface area contributed by atoms with Crippen molar-refractivity contribution in [2.45, 2.75) is 32.7 Å². The maximum atomic E-state index is 4.40. The molecule has 0 amide bonds. The van der Waals surface area contributed by atoms with E-state index in [1.165, 1.54) is 0 Å². The topological polar surface area (TPSA) is 24.4 Å². The highest BCUT2D eigenvalue weighted by Crippen LogP contribution is 2.09. The highest BCUT2D eigenvalue weighted by Gasteiger charge is 2.21. The van der Waals surface area contributed by atoms with Gasteiger partial charge >= 0.3 is 0 Å². The lowest BCUT2D eigenvalue weighted by Crippen LogP contribution is -2.45. The molecule has 0 saturated carbocycles. The van der Waals surface area contributed by atoms with Crippen molar-refractivity contribution < 1.29 is 0 Å². The molecule has 0 saturated heterocycles. The predicted molar refractivity (Wildman–Crippen MR) is 58.1 cm³/mol. The van der Waals surface area contributed by atoms with E-state index in [1.54, 1.807) is 0 Å². The van der Waals surface area contributed by atoms with Gasteiger partial charge in [-0.1, -0.05) is 19.1 Å². The highest BCUT2D eigenvalue weighted by atomic mass is 15.0. The van der Waals surface area contributed by atoms with E-state index in [0.717, 1.165) is 18.7 Å². The second-order valence-corrected chi connectivity index (χ2v) is 3.69. The van der Waals surface area contributed by atoms with Gasteiger partial charge in [0.15, 0.2) is 0 Å². The Kier molecular flexibility index (Phi) is 3.43. The molecule has 0 unspecified atom stereocenters. The quantitative estimate of drug-likeness (QED) is 0.704. The van der Waals surface area contributed by atoms with Crippen molar-refractivity contribution in [3.05, 3.63) is 24.4 Å². The monoisotopic (exact) mass is 178 g/mol. The lowest BCUT2D eigenvalue weighted by atomic mass is 9.97. The fourth-order valence-electron chi connectivity index (χ4n) is 1.40. The molecule has 2 heteroatoms. The lowest BCUT2D eigenvalue weighted by Gasteiger charge is -2.25. The first kappa shape index (κ1) is 10.2. The number of hydrogen-bond donors (Lipinski definition) is 1. The van der Waals surface area contributed by atoms with Gasteiger partial charge in [0.2, 0.25) is 0 Å². The van der Waals surface area contributed by atoms with Crippen molar-refractivity contribution in [2.24, 2.45) is 4.99 Å². The van der Waals surface area contributed by atoms with Crippen LogP contribution in [0.1, 0.15) is 27.2 Å². The average molecular weight is 178 g/mol. The molecule has 0 atom stereocenters. The molecule has 0 bridgehead atoms. The maximum absolute atomic E-state index is 4.40. The van der Waals surface area contributed by atoms with Crippen molar-refractivity contribution >= 4 is 5.71 Å². The standard InChI is InChI=1S/C11H18N2/c1-4-13-11(2,3)10-8-6-5-7-9-12-10/h6-9,13H,4-5H2,1-3H3. The van der Waals surface area contributed by atoms with Gasteiger partial charge in [-0.3, -0.25) is 4.99 Å². The van der Waals surface area contributed by atoms with Crippen molar-refractivity contribution in [3.8, 4) is 0 Å². The van der Waals surface area contributed by atoms with Gasteiger partial charge in [0, 0.05) is 6.20 Å². The first-order valence-electron chi connectivity index (χ1n) is 4.81. The molecular weight excluding hydrogens is 160 g/mol. The SMILES string of the molecule is CCNC(C)(C)C1=NC=CCC=C1. The Labute approximate surface area is 80.4 Å². The number of rotatable bonds is 3. The molecule has 72 valence electrons. The normalized spacial score (nSPS) is 17.0. The van der Waals surface area contributed by atoms with Crippen molar-refractivity contribution in [1.29, 1.82) is 0 Å². The molecule has 0 spiro atoms. The minimum Gasteiger partial charge on any atom is -0.307 e. The van der Waals surface area contributed by atoms with Gasteiger partial charge < -0.3 is 5.32 Å². The molecule has 0 aromatic rings. The summed E-state index contributed by atoms with van der Waals surface area (Å²) in [6.07, 6.45) is 9.17. The molecule has 1 N–H and O–H groups in total. The first-order chi connectivity index (χ1) is 6.17. The van der Waals surface area contributed by atoms with Crippen LogP contribution in [0.4, 0.5) is 0 Å². The summed E-state index contributed by atoms with van der Waals surface area (Å²) >= 11 is 0. The summed E-state index contributed by atoms with van der Waals surface area (Å²) in [5.41, 5.74) is 1.07. The Hall–Kier alpha value is -0.890. The van der Waals surface area contributed by atoms with Gasteiger partial charge in [-0.05, 0) is 32.9 Å². The van der Waals surface area contributed by atoms with Crippen LogP contribution in [-0.4, -0.2) is 17.8 Å². The summed E-state index contributed by atoms with van der Waals surface area (Å²) in [5, 5.41) is 3.40. The van der Waals surface area contributed by atoms with E-state index in [-0.39, 0.29) is 5.54 Å². The van der Waals surface area contributed by atoms with Crippen molar-refractivity contribution in [1.82, 2.24) is 5.32 Å². The van der Waals surface area contributed by atoms with Crippen LogP contribution in [0.5, 0.6) is 0 Å². The third-order valence-electron chi connectivity index (χ3n) is 2.13. The highest BCUT2D eigenvalue weighted by molar-refractivity contribution is 6.02. The molecule has 0 radical (unpaired) electrons. The van der Waals surface area contributed by atoms with E-state index < -0.39 is 0 Å². The van der Waals surface area contributed by atoms with Crippen LogP contribution < -0.4 is 5.32 Å². The second kappa shape index (κ2) is 4.38. The van der Waals surface area contributed by atoms with E-state index in [0.29, 0.717) is 0 Å². The van der Waals surface area contributed by atoms with Crippen LogP contribution in [0.3, 0.4) is 0 Å². The van der Waals surface area contributed by atoms with Crippen LogP contribution in [0.15, 0.2) is 29.4 Å². The molecule has 1 rings (SSSR count). The Bertz CT molecular complexity index is 247. The smallest absolute Gasteiger partial charge is 0.0595 e. The summed E-state index contributed by atoms with van der Waals surface area (Å²) in [7, 11) is 0. The molecule has 1 aliphatic rings. The Morgan fingerprint density at radius 2 is 2.23 bits per heavy atom. The lowest BCUT2D eigenvalue weighted by molar-refractivity contribution is 0.525. The third-order valence-corrected chi connectivity index (χ3v) is 2.13. The molecule has 13 heavy (non-hydrogen) atoms. The van der Waals surface area contributed by atoms with E-state index in [1.807, 2.05) is 6.20 Å². The van der Waals surface area contributed by atoms with E-state index in [2.05, 4.69) is 49.3 Å². The van der Waals surface area contributed by atoms with E-state index in [4.69, 9.17) is 0 Å².